The lowest BCUT2D eigenvalue weighted by Gasteiger charge is -2.29. The fourth-order valence-corrected chi connectivity index (χ4v) is 2.98. The van der Waals surface area contributed by atoms with Crippen molar-refractivity contribution in [2.75, 3.05) is 23.9 Å². The third-order valence-corrected chi connectivity index (χ3v) is 4.65. The third-order valence-electron chi connectivity index (χ3n) is 4.65. The molecule has 0 amide bonds. The summed E-state index contributed by atoms with van der Waals surface area (Å²) in [4.78, 5) is 21.7. The van der Waals surface area contributed by atoms with Crippen molar-refractivity contribution in [3.05, 3.63) is 60.2 Å². The van der Waals surface area contributed by atoms with Crippen LogP contribution in [-0.2, 0) is 6.54 Å². The van der Waals surface area contributed by atoms with Crippen LogP contribution in [0.5, 0.6) is 0 Å². The van der Waals surface area contributed by atoms with E-state index in [4.69, 9.17) is 4.63 Å². The van der Waals surface area contributed by atoms with Gasteiger partial charge in [-0.2, -0.15) is 0 Å². The Bertz CT molecular complexity index is 1050. The van der Waals surface area contributed by atoms with Crippen LogP contribution in [0.2, 0.25) is 0 Å². The summed E-state index contributed by atoms with van der Waals surface area (Å²) in [6.07, 6.45) is 3.27. The van der Waals surface area contributed by atoms with E-state index in [1.165, 1.54) is 5.56 Å². The highest BCUT2D eigenvalue weighted by molar-refractivity contribution is 5.74. The third kappa shape index (κ3) is 3.46. The minimum Gasteiger partial charge on any atom is -0.352 e. The van der Waals surface area contributed by atoms with Crippen molar-refractivity contribution in [2.24, 2.45) is 0 Å². The van der Waals surface area contributed by atoms with Crippen molar-refractivity contribution in [3.63, 3.8) is 0 Å². The highest BCUT2D eigenvalue weighted by atomic mass is 16.6. The van der Waals surface area contributed by atoms with Crippen LogP contribution in [-0.4, -0.2) is 44.3 Å². The first-order chi connectivity index (χ1) is 13.6. The van der Waals surface area contributed by atoms with E-state index in [2.05, 4.69) is 49.3 Å². The zero-order valence-corrected chi connectivity index (χ0v) is 15.9. The van der Waals surface area contributed by atoms with E-state index < -0.39 is 0 Å². The molecule has 0 spiro atoms. The first kappa shape index (κ1) is 17.8. The van der Waals surface area contributed by atoms with Crippen molar-refractivity contribution in [1.82, 2.24) is 30.2 Å². The van der Waals surface area contributed by atoms with Crippen molar-refractivity contribution in [1.29, 1.82) is 0 Å². The van der Waals surface area contributed by atoms with Crippen LogP contribution < -0.4 is 9.80 Å². The SMILES string of the molecule is C[C@@H](c1ccncn1)N(C)c1nc2nonc2nc1N(C)Cc1ccccc1. The van der Waals surface area contributed by atoms with Gasteiger partial charge in [-0.3, -0.25) is 0 Å². The molecule has 0 bridgehead atoms. The smallest absolute Gasteiger partial charge is 0.245 e. The molecule has 142 valence electrons. The fourth-order valence-electron chi connectivity index (χ4n) is 2.98. The molecule has 1 aromatic carbocycles. The second-order valence-electron chi connectivity index (χ2n) is 6.55. The maximum Gasteiger partial charge on any atom is 0.245 e. The number of anilines is 2. The average Bonchev–Trinajstić information content (AvgIpc) is 3.20. The molecule has 28 heavy (non-hydrogen) atoms. The largest absolute Gasteiger partial charge is 0.352 e. The Morgan fingerprint density at radius 3 is 2.36 bits per heavy atom. The Labute approximate surface area is 162 Å². The minimum absolute atomic E-state index is 0.0431. The molecule has 1 atom stereocenters. The van der Waals surface area contributed by atoms with E-state index in [1.54, 1.807) is 12.5 Å². The van der Waals surface area contributed by atoms with Gasteiger partial charge in [0.1, 0.15) is 6.33 Å². The number of hydrogen-bond acceptors (Lipinski definition) is 9. The van der Waals surface area contributed by atoms with Gasteiger partial charge in [-0.25, -0.2) is 24.6 Å². The summed E-state index contributed by atoms with van der Waals surface area (Å²) >= 11 is 0. The van der Waals surface area contributed by atoms with Gasteiger partial charge in [0, 0.05) is 26.8 Å². The molecule has 0 saturated carbocycles. The summed E-state index contributed by atoms with van der Waals surface area (Å²) in [5, 5.41) is 7.69. The van der Waals surface area contributed by atoms with Gasteiger partial charge in [0.15, 0.2) is 11.6 Å². The van der Waals surface area contributed by atoms with Gasteiger partial charge in [-0.15, -0.1) is 0 Å². The zero-order chi connectivity index (χ0) is 19.5. The Morgan fingerprint density at radius 1 is 0.964 bits per heavy atom. The van der Waals surface area contributed by atoms with Crippen molar-refractivity contribution < 1.29 is 4.63 Å². The molecular weight excluding hydrogens is 356 g/mol. The van der Waals surface area contributed by atoms with E-state index in [1.807, 2.05) is 48.2 Å². The fraction of sp³-hybridized carbons (Fsp3) is 0.263. The summed E-state index contributed by atoms with van der Waals surface area (Å²) in [5.74, 6) is 1.36. The molecule has 4 aromatic rings. The number of hydrogen-bond donors (Lipinski definition) is 0. The summed E-state index contributed by atoms with van der Waals surface area (Å²) in [7, 11) is 3.93. The zero-order valence-electron chi connectivity index (χ0n) is 15.9. The molecule has 0 aliphatic carbocycles. The van der Waals surface area contributed by atoms with Crippen molar-refractivity contribution in [3.8, 4) is 0 Å². The van der Waals surface area contributed by atoms with Crippen LogP contribution in [0.4, 0.5) is 11.6 Å². The van der Waals surface area contributed by atoms with Crippen molar-refractivity contribution in [2.45, 2.75) is 19.5 Å². The highest BCUT2D eigenvalue weighted by Crippen LogP contribution is 2.31. The summed E-state index contributed by atoms with van der Waals surface area (Å²) < 4.78 is 4.82. The molecule has 9 heteroatoms. The first-order valence-corrected chi connectivity index (χ1v) is 8.87. The lowest BCUT2D eigenvalue weighted by Crippen LogP contribution is -2.28. The minimum atomic E-state index is -0.0431. The second-order valence-corrected chi connectivity index (χ2v) is 6.55. The molecule has 0 saturated heterocycles. The van der Waals surface area contributed by atoms with Crippen LogP contribution in [0.15, 0.2) is 53.6 Å². The van der Waals surface area contributed by atoms with Gasteiger partial charge in [-0.1, -0.05) is 30.3 Å². The van der Waals surface area contributed by atoms with E-state index in [9.17, 15) is 0 Å². The van der Waals surface area contributed by atoms with Gasteiger partial charge in [0.05, 0.1) is 11.7 Å². The summed E-state index contributed by atoms with van der Waals surface area (Å²) in [5.41, 5.74) is 2.80. The molecule has 0 unspecified atom stereocenters. The first-order valence-electron chi connectivity index (χ1n) is 8.87. The second kappa shape index (κ2) is 7.55. The van der Waals surface area contributed by atoms with Gasteiger partial charge in [0.2, 0.25) is 11.3 Å². The lowest BCUT2D eigenvalue weighted by molar-refractivity contribution is 0.314. The van der Waals surface area contributed by atoms with E-state index in [0.29, 0.717) is 29.5 Å². The maximum atomic E-state index is 4.82. The van der Waals surface area contributed by atoms with Gasteiger partial charge < -0.3 is 9.80 Å². The Morgan fingerprint density at radius 2 is 1.68 bits per heavy atom. The van der Waals surface area contributed by atoms with Crippen LogP contribution in [0.1, 0.15) is 24.2 Å². The molecule has 3 aromatic heterocycles. The predicted octanol–water partition coefficient (Wildman–Crippen LogP) is 2.64. The molecular formula is C19H20N8O. The van der Waals surface area contributed by atoms with Gasteiger partial charge >= 0.3 is 0 Å². The van der Waals surface area contributed by atoms with E-state index in [-0.39, 0.29) is 6.04 Å². The Balaban J connectivity index is 1.72. The van der Waals surface area contributed by atoms with Gasteiger partial charge in [0.25, 0.3) is 0 Å². The quantitative estimate of drug-likeness (QED) is 0.503. The summed E-state index contributed by atoms with van der Waals surface area (Å²) in [6, 6.07) is 12.0. The molecule has 4 rings (SSSR count). The highest BCUT2D eigenvalue weighted by Gasteiger charge is 2.23. The molecule has 3 heterocycles. The molecule has 0 fully saturated rings. The van der Waals surface area contributed by atoms with Crippen molar-refractivity contribution >= 4 is 22.9 Å². The molecule has 0 aliphatic rings. The monoisotopic (exact) mass is 376 g/mol. The maximum absolute atomic E-state index is 4.82. The van der Waals surface area contributed by atoms with Crippen LogP contribution in [0.25, 0.3) is 11.3 Å². The molecule has 0 radical (unpaired) electrons. The topological polar surface area (TPSA) is 97.0 Å². The Kier molecular flexibility index (Phi) is 4.79. The molecule has 0 N–H and O–H groups in total. The number of rotatable bonds is 6. The van der Waals surface area contributed by atoms with E-state index >= 15 is 0 Å². The lowest BCUT2D eigenvalue weighted by atomic mass is 10.2. The number of benzene rings is 1. The Hall–Kier alpha value is -3.62. The standard InChI is InChI=1S/C19H20N8O/c1-13(15-9-10-20-12-21-15)27(3)19-18(22-16-17(23-19)25-28-24-16)26(2)11-14-7-5-4-6-8-14/h4-10,12-13H,11H2,1-3H3/t13-/m0/s1. The average molecular weight is 376 g/mol. The van der Waals surface area contributed by atoms with Crippen LogP contribution in [0.3, 0.4) is 0 Å². The predicted molar refractivity (Wildman–Crippen MR) is 105 cm³/mol. The molecule has 9 nitrogen and oxygen atoms in total. The summed E-state index contributed by atoms with van der Waals surface area (Å²) in [6.45, 7) is 2.73. The van der Waals surface area contributed by atoms with Gasteiger partial charge in [-0.05, 0) is 28.9 Å². The number of aromatic nitrogens is 6. The molecule has 0 aliphatic heterocycles. The number of nitrogens with zero attached hydrogens (tertiary/aromatic N) is 8. The van der Waals surface area contributed by atoms with Crippen LogP contribution >= 0.6 is 0 Å². The normalized spacial score (nSPS) is 12.1. The van der Waals surface area contributed by atoms with E-state index in [0.717, 1.165) is 5.69 Å². The number of fused-ring (bicyclic) bond motifs is 1. The van der Waals surface area contributed by atoms with Crippen LogP contribution in [0, 0.1) is 0 Å².